The molecular formula is C22H26N4O3S. The number of pyridine rings is 1. The number of hydrogen-bond donors (Lipinski definition) is 1. The van der Waals surface area contributed by atoms with E-state index in [0.717, 1.165) is 29.8 Å². The molecule has 0 amide bonds. The van der Waals surface area contributed by atoms with E-state index in [4.69, 9.17) is 9.84 Å². The molecule has 1 fully saturated rings. The van der Waals surface area contributed by atoms with Gasteiger partial charge in [0.25, 0.3) is 0 Å². The van der Waals surface area contributed by atoms with Crippen molar-refractivity contribution in [3.63, 3.8) is 0 Å². The lowest BCUT2D eigenvalue weighted by atomic mass is 10.2. The first-order valence-electron chi connectivity index (χ1n) is 10.1. The van der Waals surface area contributed by atoms with E-state index in [1.54, 1.807) is 31.5 Å². The van der Waals surface area contributed by atoms with Gasteiger partial charge in [0.05, 0.1) is 41.7 Å². The third kappa shape index (κ3) is 4.24. The lowest BCUT2D eigenvalue weighted by Crippen LogP contribution is -2.23. The highest BCUT2D eigenvalue weighted by Gasteiger charge is 2.23. The minimum absolute atomic E-state index is 0.118. The van der Waals surface area contributed by atoms with Crippen LogP contribution in [0.5, 0.6) is 5.75 Å². The molecule has 0 atom stereocenters. The number of methoxy groups -OCH3 is 1. The normalized spacial score (nSPS) is 14.9. The minimum atomic E-state index is -3.66. The van der Waals surface area contributed by atoms with Crippen LogP contribution in [0.4, 0.5) is 0 Å². The Morgan fingerprint density at radius 3 is 2.63 bits per heavy atom. The molecule has 0 aliphatic heterocycles. The Bertz CT molecular complexity index is 1120. The van der Waals surface area contributed by atoms with Crippen LogP contribution in [0, 0.1) is 6.92 Å². The summed E-state index contributed by atoms with van der Waals surface area (Å²) in [4.78, 5) is 4.67. The smallest absolute Gasteiger partial charge is 0.240 e. The van der Waals surface area contributed by atoms with Crippen LogP contribution in [0.2, 0.25) is 0 Å². The molecule has 1 saturated carbocycles. The summed E-state index contributed by atoms with van der Waals surface area (Å²) in [5.41, 5.74) is 3.22. The molecule has 158 valence electrons. The summed E-state index contributed by atoms with van der Waals surface area (Å²) in [5, 5.41) is 4.74. The Morgan fingerprint density at radius 1 is 1.17 bits per heavy atom. The average molecular weight is 427 g/mol. The van der Waals surface area contributed by atoms with Gasteiger partial charge in [0.1, 0.15) is 5.75 Å². The monoisotopic (exact) mass is 426 g/mol. The fraction of sp³-hybridized carbons (Fsp3) is 0.364. The summed E-state index contributed by atoms with van der Waals surface area (Å²) >= 11 is 0. The topological polar surface area (TPSA) is 86.1 Å². The number of aromatic nitrogens is 3. The molecule has 0 bridgehead atoms. The van der Waals surface area contributed by atoms with Gasteiger partial charge in [-0.3, -0.25) is 9.67 Å². The van der Waals surface area contributed by atoms with Crippen LogP contribution in [0.1, 0.15) is 43.0 Å². The first-order valence-corrected chi connectivity index (χ1v) is 11.6. The van der Waals surface area contributed by atoms with Gasteiger partial charge in [-0.25, -0.2) is 13.1 Å². The van der Waals surface area contributed by atoms with Crippen molar-refractivity contribution < 1.29 is 13.2 Å². The van der Waals surface area contributed by atoms with Crippen LogP contribution in [-0.2, 0) is 16.6 Å². The molecule has 0 radical (unpaired) electrons. The molecule has 3 aromatic rings. The number of sulfonamides is 1. The molecule has 0 saturated heterocycles. The third-order valence-electron chi connectivity index (χ3n) is 5.50. The largest absolute Gasteiger partial charge is 0.496 e. The van der Waals surface area contributed by atoms with Crippen LogP contribution < -0.4 is 9.46 Å². The highest BCUT2D eigenvalue weighted by molar-refractivity contribution is 7.89. The van der Waals surface area contributed by atoms with Crippen molar-refractivity contribution >= 4 is 10.0 Å². The molecule has 4 rings (SSSR count). The number of rotatable bonds is 7. The highest BCUT2D eigenvalue weighted by atomic mass is 32.2. The van der Waals surface area contributed by atoms with Crippen molar-refractivity contribution in [2.75, 3.05) is 7.11 Å². The maximum atomic E-state index is 12.8. The molecule has 30 heavy (non-hydrogen) atoms. The van der Waals surface area contributed by atoms with Gasteiger partial charge in [-0.05, 0) is 61.7 Å². The molecule has 0 spiro atoms. The Kier molecular flexibility index (Phi) is 5.87. The number of hydrogen-bond acceptors (Lipinski definition) is 5. The number of ether oxygens (including phenoxy) is 1. The zero-order chi connectivity index (χ0) is 21.1. The second kappa shape index (κ2) is 8.57. The molecule has 1 N–H and O–H groups in total. The summed E-state index contributed by atoms with van der Waals surface area (Å²) in [6.07, 6.45) is 6.29. The van der Waals surface area contributed by atoms with E-state index in [-0.39, 0.29) is 11.4 Å². The van der Waals surface area contributed by atoms with Gasteiger partial charge in [-0.2, -0.15) is 5.10 Å². The molecule has 2 heterocycles. The van der Waals surface area contributed by atoms with E-state index < -0.39 is 10.0 Å². The first-order chi connectivity index (χ1) is 14.5. The van der Waals surface area contributed by atoms with E-state index in [1.807, 2.05) is 35.9 Å². The zero-order valence-corrected chi connectivity index (χ0v) is 18.0. The van der Waals surface area contributed by atoms with Gasteiger partial charge < -0.3 is 4.74 Å². The predicted molar refractivity (Wildman–Crippen MR) is 115 cm³/mol. The lowest BCUT2D eigenvalue weighted by molar-refractivity contribution is 0.411. The van der Waals surface area contributed by atoms with Crippen LogP contribution in [0.15, 0.2) is 53.6 Å². The second-order valence-electron chi connectivity index (χ2n) is 7.57. The van der Waals surface area contributed by atoms with Gasteiger partial charge in [-0.1, -0.05) is 18.9 Å². The molecule has 8 heteroatoms. The quantitative estimate of drug-likeness (QED) is 0.620. The maximum Gasteiger partial charge on any atom is 0.240 e. The van der Waals surface area contributed by atoms with Crippen LogP contribution in [0.25, 0.3) is 11.4 Å². The van der Waals surface area contributed by atoms with Gasteiger partial charge in [-0.15, -0.1) is 0 Å². The first kappa shape index (κ1) is 20.6. The van der Waals surface area contributed by atoms with E-state index in [0.29, 0.717) is 17.5 Å². The van der Waals surface area contributed by atoms with Gasteiger partial charge in [0.2, 0.25) is 10.0 Å². The second-order valence-corrected chi connectivity index (χ2v) is 9.34. The Hall–Kier alpha value is -2.71. The van der Waals surface area contributed by atoms with Crippen LogP contribution in [0.3, 0.4) is 0 Å². The number of benzene rings is 1. The van der Waals surface area contributed by atoms with Crippen molar-refractivity contribution in [3.05, 3.63) is 59.9 Å². The SMILES string of the molecule is COc1ccc(S(=O)(=O)NCc2cc(-c3ccccn3)n(C3CCCC3)n2)cc1C. The predicted octanol–water partition coefficient (Wildman–Crippen LogP) is 3.86. The summed E-state index contributed by atoms with van der Waals surface area (Å²) in [6, 6.07) is 12.9. The molecule has 2 aromatic heterocycles. The van der Waals surface area contributed by atoms with Crippen molar-refractivity contribution in [1.29, 1.82) is 0 Å². The molecular weight excluding hydrogens is 400 g/mol. The number of aryl methyl sites for hydroxylation is 1. The van der Waals surface area contributed by atoms with E-state index in [2.05, 4.69) is 9.71 Å². The molecule has 1 aliphatic carbocycles. The van der Waals surface area contributed by atoms with Crippen molar-refractivity contribution in [3.8, 4) is 17.1 Å². The molecule has 1 aromatic carbocycles. The molecule has 7 nitrogen and oxygen atoms in total. The fourth-order valence-corrected chi connectivity index (χ4v) is 5.02. The Morgan fingerprint density at radius 2 is 1.97 bits per heavy atom. The lowest BCUT2D eigenvalue weighted by Gasteiger charge is -2.13. The Labute approximate surface area is 177 Å². The molecule has 0 unspecified atom stereocenters. The Balaban J connectivity index is 1.58. The van der Waals surface area contributed by atoms with Gasteiger partial charge in [0.15, 0.2) is 0 Å². The van der Waals surface area contributed by atoms with Crippen molar-refractivity contribution in [2.45, 2.75) is 50.1 Å². The van der Waals surface area contributed by atoms with Crippen LogP contribution >= 0.6 is 0 Å². The van der Waals surface area contributed by atoms with Crippen molar-refractivity contribution in [1.82, 2.24) is 19.5 Å². The van der Waals surface area contributed by atoms with Gasteiger partial charge >= 0.3 is 0 Å². The van der Waals surface area contributed by atoms with Gasteiger partial charge in [0, 0.05) is 6.20 Å². The van der Waals surface area contributed by atoms with E-state index >= 15 is 0 Å². The summed E-state index contributed by atoms with van der Waals surface area (Å²) in [6.45, 7) is 1.94. The van der Waals surface area contributed by atoms with Crippen LogP contribution in [-0.4, -0.2) is 30.3 Å². The fourth-order valence-electron chi connectivity index (χ4n) is 3.93. The van der Waals surface area contributed by atoms with E-state index in [1.165, 1.54) is 12.8 Å². The highest BCUT2D eigenvalue weighted by Crippen LogP contribution is 2.33. The standard InChI is InChI=1S/C22H26N4O3S/c1-16-13-19(10-11-22(16)29-2)30(27,28)24-15-17-14-21(20-9-5-6-12-23-20)26(25-17)18-7-3-4-8-18/h5-6,9-14,18,24H,3-4,7-8,15H2,1-2H3. The van der Waals surface area contributed by atoms with E-state index in [9.17, 15) is 8.42 Å². The van der Waals surface area contributed by atoms with Crippen molar-refractivity contribution in [2.24, 2.45) is 0 Å². The number of nitrogens with one attached hydrogen (secondary N) is 1. The maximum absolute atomic E-state index is 12.8. The third-order valence-corrected chi connectivity index (χ3v) is 6.90. The summed E-state index contributed by atoms with van der Waals surface area (Å²) in [7, 11) is -2.10. The molecule has 1 aliphatic rings. The average Bonchev–Trinajstić information content (AvgIpc) is 3.43. The zero-order valence-electron chi connectivity index (χ0n) is 17.2. The summed E-state index contributed by atoms with van der Waals surface area (Å²) < 4.78 is 35.5. The summed E-state index contributed by atoms with van der Waals surface area (Å²) in [5.74, 6) is 0.657. The number of nitrogens with zero attached hydrogens (tertiary/aromatic N) is 3. The minimum Gasteiger partial charge on any atom is -0.496 e.